The lowest BCUT2D eigenvalue weighted by atomic mass is 10.1. The second-order valence-electron chi connectivity index (χ2n) is 6.85. The van der Waals surface area contributed by atoms with Gasteiger partial charge >= 0.3 is 0 Å². The molecule has 1 heterocycles. The van der Waals surface area contributed by atoms with E-state index in [2.05, 4.69) is 23.3 Å². The van der Waals surface area contributed by atoms with Gasteiger partial charge in [-0.1, -0.05) is 37.6 Å². The molecule has 2 N–H and O–H groups in total. The molecule has 146 valence electrons. The summed E-state index contributed by atoms with van der Waals surface area (Å²) in [6.07, 6.45) is 3.85. The minimum absolute atomic E-state index is 0.0217. The van der Waals surface area contributed by atoms with Crippen molar-refractivity contribution in [2.24, 2.45) is 0 Å². The van der Waals surface area contributed by atoms with Gasteiger partial charge < -0.3 is 10.3 Å². The summed E-state index contributed by atoms with van der Waals surface area (Å²) >= 11 is 5.32. The Hall–Kier alpha value is -2.73. The third-order valence-electron chi connectivity index (χ3n) is 4.79. The molecule has 0 unspecified atom stereocenters. The predicted molar refractivity (Wildman–Crippen MR) is 116 cm³/mol. The second-order valence-corrected chi connectivity index (χ2v) is 7.23. The van der Waals surface area contributed by atoms with Crippen molar-refractivity contribution < 1.29 is 4.79 Å². The van der Waals surface area contributed by atoms with E-state index in [1.165, 1.54) is 5.56 Å². The van der Waals surface area contributed by atoms with Gasteiger partial charge in [-0.3, -0.25) is 14.2 Å². The van der Waals surface area contributed by atoms with E-state index in [0.29, 0.717) is 23.1 Å². The van der Waals surface area contributed by atoms with Crippen LogP contribution < -0.4 is 10.9 Å². The molecule has 6 heteroatoms. The number of anilines is 1. The average Bonchev–Trinajstić information content (AvgIpc) is 2.70. The first kappa shape index (κ1) is 20.0. The first-order chi connectivity index (χ1) is 13.6. The Bertz CT molecular complexity index is 1080. The Labute approximate surface area is 169 Å². The van der Waals surface area contributed by atoms with Crippen molar-refractivity contribution in [3.05, 3.63) is 69.2 Å². The molecule has 1 aromatic heterocycles. The number of aromatic nitrogens is 2. The fraction of sp³-hybridized carbons (Fsp3) is 0.318. The van der Waals surface area contributed by atoms with Gasteiger partial charge in [0.1, 0.15) is 0 Å². The first-order valence-electron chi connectivity index (χ1n) is 9.69. The molecule has 3 aromatic rings. The van der Waals surface area contributed by atoms with E-state index in [1.807, 2.05) is 36.4 Å². The molecule has 0 saturated carbocycles. The molecule has 2 aromatic carbocycles. The van der Waals surface area contributed by atoms with Crippen molar-refractivity contribution in [2.45, 2.75) is 45.6 Å². The molecule has 0 fully saturated rings. The summed E-state index contributed by atoms with van der Waals surface area (Å²) < 4.78 is 2.05. The Kier molecular flexibility index (Phi) is 6.76. The molecule has 0 aliphatic rings. The van der Waals surface area contributed by atoms with E-state index in [9.17, 15) is 9.59 Å². The molecule has 0 bridgehead atoms. The molecule has 3 rings (SSSR count). The molecule has 28 heavy (non-hydrogen) atoms. The van der Waals surface area contributed by atoms with Gasteiger partial charge in [0.15, 0.2) is 4.77 Å². The third kappa shape index (κ3) is 4.95. The van der Waals surface area contributed by atoms with Crippen LogP contribution in [0.2, 0.25) is 0 Å². The summed E-state index contributed by atoms with van der Waals surface area (Å²) in [5, 5.41) is 3.59. The van der Waals surface area contributed by atoms with Crippen LogP contribution in [0.25, 0.3) is 10.9 Å². The molecule has 0 atom stereocenters. The molecular weight excluding hydrogens is 370 g/mol. The van der Waals surface area contributed by atoms with Crippen molar-refractivity contribution in [3.8, 4) is 0 Å². The monoisotopic (exact) mass is 395 g/mol. The summed E-state index contributed by atoms with van der Waals surface area (Å²) in [6, 6.07) is 15.3. The quantitative estimate of drug-likeness (QED) is 0.424. The number of carbonyl (C=O) groups is 1. The number of rotatable bonds is 8. The standard InChI is InChI=1S/C22H25N3O2S/c1-2-16-9-8-10-17(15-16)23-20(26)13-4-3-7-14-25-21(27)18-11-5-6-12-19(18)24-22(25)28/h5-6,8-12,15H,2-4,7,13-14H2,1H3,(H,23,26)(H,24,28). The normalized spacial score (nSPS) is 10.9. The van der Waals surface area contributed by atoms with Crippen molar-refractivity contribution >= 4 is 34.7 Å². The fourth-order valence-electron chi connectivity index (χ4n) is 3.23. The number of nitrogens with one attached hydrogen (secondary N) is 2. The van der Waals surface area contributed by atoms with Gasteiger partial charge in [0.2, 0.25) is 5.91 Å². The van der Waals surface area contributed by atoms with Crippen molar-refractivity contribution in [3.63, 3.8) is 0 Å². The third-order valence-corrected chi connectivity index (χ3v) is 5.12. The SMILES string of the molecule is CCc1cccc(NC(=O)CCCCCn2c(=S)[nH]c3ccccc3c2=O)c1. The maximum absolute atomic E-state index is 12.6. The number of hydrogen-bond donors (Lipinski definition) is 2. The van der Waals surface area contributed by atoms with Gasteiger partial charge in [-0.25, -0.2) is 0 Å². The topological polar surface area (TPSA) is 66.9 Å². The molecule has 5 nitrogen and oxygen atoms in total. The number of unbranched alkanes of at least 4 members (excludes halogenated alkanes) is 2. The number of H-pyrrole nitrogens is 1. The highest BCUT2D eigenvalue weighted by molar-refractivity contribution is 7.71. The molecule has 0 spiro atoms. The summed E-state index contributed by atoms with van der Waals surface area (Å²) in [4.78, 5) is 27.8. The number of amides is 1. The van der Waals surface area contributed by atoms with Gasteiger partial charge in [-0.2, -0.15) is 0 Å². The van der Waals surface area contributed by atoms with Gasteiger partial charge in [0.25, 0.3) is 5.56 Å². The number of fused-ring (bicyclic) bond motifs is 1. The van der Waals surface area contributed by atoms with E-state index in [1.54, 1.807) is 10.6 Å². The Morgan fingerprint density at radius 2 is 1.93 bits per heavy atom. The van der Waals surface area contributed by atoms with Gasteiger partial charge in [0.05, 0.1) is 10.9 Å². The number of hydrogen-bond acceptors (Lipinski definition) is 3. The minimum Gasteiger partial charge on any atom is -0.332 e. The summed E-state index contributed by atoms with van der Waals surface area (Å²) in [6.45, 7) is 2.65. The van der Waals surface area contributed by atoms with Crippen molar-refractivity contribution in [1.82, 2.24) is 9.55 Å². The summed E-state index contributed by atoms with van der Waals surface area (Å²) in [5.41, 5.74) is 2.75. The lowest BCUT2D eigenvalue weighted by molar-refractivity contribution is -0.116. The summed E-state index contributed by atoms with van der Waals surface area (Å²) in [5.74, 6) is 0.0217. The van der Waals surface area contributed by atoms with Crippen molar-refractivity contribution in [2.75, 3.05) is 5.32 Å². The highest BCUT2D eigenvalue weighted by atomic mass is 32.1. The maximum atomic E-state index is 12.6. The van der Waals surface area contributed by atoms with Crippen LogP contribution in [-0.4, -0.2) is 15.5 Å². The van der Waals surface area contributed by atoms with E-state index in [-0.39, 0.29) is 11.5 Å². The van der Waals surface area contributed by atoms with Crippen molar-refractivity contribution in [1.29, 1.82) is 0 Å². The van der Waals surface area contributed by atoms with E-state index < -0.39 is 0 Å². The largest absolute Gasteiger partial charge is 0.332 e. The fourth-order valence-corrected chi connectivity index (χ4v) is 3.51. The Balaban J connectivity index is 1.48. The van der Waals surface area contributed by atoms with Crippen LogP contribution in [-0.2, 0) is 17.8 Å². The highest BCUT2D eigenvalue weighted by Crippen LogP contribution is 2.12. The lowest BCUT2D eigenvalue weighted by Gasteiger charge is -2.09. The van der Waals surface area contributed by atoms with Crippen LogP contribution in [0.4, 0.5) is 5.69 Å². The van der Waals surface area contributed by atoms with Crippen LogP contribution in [0.15, 0.2) is 53.3 Å². The van der Waals surface area contributed by atoms with Crippen LogP contribution in [0.3, 0.4) is 0 Å². The zero-order valence-electron chi connectivity index (χ0n) is 16.0. The van der Waals surface area contributed by atoms with E-state index >= 15 is 0 Å². The molecule has 0 saturated heterocycles. The number of aromatic amines is 1. The molecule has 1 amide bonds. The van der Waals surface area contributed by atoms with Crippen LogP contribution in [0, 0.1) is 4.77 Å². The first-order valence-corrected chi connectivity index (χ1v) is 10.1. The van der Waals surface area contributed by atoms with Gasteiger partial charge in [-0.15, -0.1) is 0 Å². The number of nitrogens with zero attached hydrogens (tertiary/aromatic N) is 1. The zero-order valence-corrected chi connectivity index (χ0v) is 16.8. The smallest absolute Gasteiger partial charge is 0.262 e. The predicted octanol–water partition coefficient (Wildman–Crippen LogP) is 4.82. The average molecular weight is 396 g/mol. The van der Waals surface area contributed by atoms with E-state index in [4.69, 9.17) is 12.2 Å². The van der Waals surface area contributed by atoms with Gasteiger partial charge in [-0.05, 0) is 61.3 Å². The lowest BCUT2D eigenvalue weighted by Crippen LogP contribution is -2.22. The van der Waals surface area contributed by atoms with Crippen LogP contribution >= 0.6 is 12.2 Å². The van der Waals surface area contributed by atoms with E-state index in [0.717, 1.165) is 36.9 Å². The zero-order chi connectivity index (χ0) is 19.9. The van der Waals surface area contributed by atoms with Crippen LogP contribution in [0.5, 0.6) is 0 Å². The molecule has 0 aliphatic heterocycles. The van der Waals surface area contributed by atoms with Gasteiger partial charge in [0, 0.05) is 18.7 Å². The number of para-hydroxylation sites is 1. The Morgan fingerprint density at radius 3 is 2.75 bits per heavy atom. The molecule has 0 radical (unpaired) electrons. The minimum atomic E-state index is -0.0621. The number of aryl methyl sites for hydroxylation is 1. The van der Waals surface area contributed by atoms with Crippen LogP contribution in [0.1, 0.15) is 38.2 Å². The summed E-state index contributed by atoms with van der Waals surface area (Å²) in [7, 11) is 0. The molecular formula is C22H25N3O2S. The number of carbonyl (C=O) groups excluding carboxylic acids is 1. The maximum Gasteiger partial charge on any atom is 0.262 e. The highest BCUT2D eigenvalue weighted by Gasteiger charge is 2.06. The second kappa shape index (κ2) is 9.46. The Morgan fingerprint density at radius 1 is 1.11 bits per heavy atom. The molecule has 0 aliphatic carbocycles. The number of benzene rings is 2.